The van der Waals surface area contributed by atoms with Crippen LogP contribution in [0.25, 0.3) is 6.08 Å². The molecule has 1 fully saturated rings. The molecule has 0 aliphatic carbocycles. The highest BCUT2D eigenvalue weighted by Crippen LogP contribution is 2.35. The molecule has 0 aromatic heterocycles. The van der Waals surface area contributed by atoms with E-state index in [2.05, 4.69) is 0 Å². The van der Waals surface area contributed by atoms with Crippen LogP contribution in [0.3, 0.4) is 0 Å². The maximum Gasteiger partial charge on any atom is 0.323 e. The number of rotatable bonds is 8. The van der Waals surface area contributed by atoms with E-state index < -0.39 is 18.4 Å². The minimum Gasteiger partial charge on any atom is -0.490 e. The largest absolute Gasteiger partial charge is 0.490 e. The monoisotopic (exact) mass is 497 g/mol. The molecule has 1 aliphatic heterocycles. The standard InChI is InChI=1S/C21H17Cl2NO5S2/c1-2-28-17-8-12(9-18-20(27)24(10-19(25)26)21(30)31-18)4-6-16(17)29-11-13-3-5-14(22)15(23)7-13/h3-9H,2,10-11H2,1H3,(H,25,26)/b18-9-. The normalized spacial score (nSPS) is 14.9. The molecule has 1 aliphatic rings. The summed E-state index contributed by atoms with van der Waals surface area (Å²) in [6, 6.07) is 10.5. The van der Waals surface area contributed by atoms with Gasteiger partial charge in [-0.15, -0.1) is 0 Å². The number of hydrogen-bond donors (Lipinski definition) is 1. The Bertz CT molecular complexity index is 1070. The average molecular weight is 498 g/mol. The smallest absolute Gasteiger partial charge is 0.323 e. The number of halogens is 2. The number of ether oxygens (including phenoxy) is 2. The van der Waals surface area contributed by atoms with Crippen LogP contribution in [0.2, 0.25) is 10.0 Å². The molecule has 162 valence electrons. The molecule has 31 heavy (non-hydrogen) atoms. The molecule has 0 radical (unpaired) electrons. The highest BCUT2D eigenvalue weighted by molar-refractivity contribution is 8.26. The molecule has 1 N–H and O–H groups in total. The van der Waals surface area contributed by atoms with Gasteiger partial charge in [-0.2, -0.15) is 0 Å². The van der Waals surface area contributed by atoms with E-state index in [-0.39, 0.29) is 10.9 Å². The Morgan fingerprint density at radius 3 is 2.61 bits per heavy atom. The lowest BCUT2D eigenvalue weighted by atomic mass is 10.1. The summed E-state index contributed by atoms with van der Waals surface area (Å²) in [5.41, 5.74) is 1.55. The maximum atomic E-state index is 12.5. The summed E-state index contributed by atoms with van der Waals surface area (Å²) in [4.78, 5) is 24.8. The van der Waals surface area contributed by atoms with Crippen molar-refractivity contribution in [2.45, 2.75) is 13.5 Å². The van der Waals surface area contributed by atoms with E-state index in [4.69, 9.17) is 50.0 Å². The lowest BCUT2D eigenvalue weighted by Gasteiger charge is -2.13. The quantitative estimate of drug-likeness (QED) is 0.393. The van der Waals surface area contributed by atoms with Crippen molar-refractivity contribution in [2.24, 2.45) is 0 Å². The summed E-state index contributed by atoms with van der Waals surface area (Å²) in [6.45, 7) is 2.08. The van der Waals surface area contributed by atoms with Gasteiger partial charge in [-0.05, 0) is 48.4 Å². The van der Waals surface area contributed by atoms with Gasteiger partial charge in [0.25, 0.3) is 5.91 Å². The Balaban J connectivity index is 1.79. The highest BCUT2D eigenvalue weighted by atomic mass is 35.5. The zero-order valence-corrected chi connectivity index (χ0v) is 19.4. The van der Waals surface area contributed by atoms with Gasteiger partial charge < -0.3 is 14.6 Å². The Morgan fingerprint density at radius 1 is 1.16 bits per heavy atom. The number of nitrogens with zero attached hydrogens (tertiary/aromatic N) is 1. The number of carboxylic acids is 1. The van der Waals surface area contributed by atoms with Crippen LogP contribution in [0.5, 0.6) is 11.5 Å². The van der Waals surface area contributed by atoms with Gasteiger partial charge in [0.15, 0.2) is 11.5 Å². The number of carboxylic acid groups (broad SMARTS) is 1. The Kier molecular flexibility index (Phi) is 7.83. The molecule has 1 amide bonds. The Labute approximate surface area is 198 Å². The van der Waals surface area contributed by atoms with Crippen molar-refractivity contribution >= 4 is 69.5 Å². The summed E-state index contributed by atoms with van der Waals surface area (Å²) in [5, 5.41) is 9.86. The van der Waals surface area contributed by atoms with E-state index in [9.17, 15) is 9.59 Å². The number of benzene rings is 2. The summed E-state index contributed by atoms with van der Waals surface area (Å²) in [7, 11) is 0. The fraction of sp³-hybridized carbons (Fsp3) is 0.190. The first-order chi connectivity index (χ1) is 14.8. The molecular formula is C21H17Cl2NO5S2. The number of thioether (sulfide) groups is 1. The Morgan fingerprint density at radius 2 is 1.94 bits per heavy atom. The van der Waals surface area contributed by atoms with Crippen molar-refractivity contribution in [2.75, 3.05) is 13.2 Å². The molecule has 10 heteroatoms. The van der Waals surface area contributed by atoms with E-state index >= 15 is 0 Å². The minimum atomic E-state index is -1.13. The van der Waals surface area contributed by atoms with Crippen LogP contribution in [-0.2, 0) is 16.2 Å². The predicted octanol–water partition coefficient (Wildman–Crippen LogP) is 5.26. The van der Waals surface area contributed by atoms with Gasteiger partial charge in [-0.1, -0.05) is 59.3 Å². The van der Waals surface area contributed by atoms with Gasteiger partial charge in [-0.3, -0.25) is 14.5 Å². The van der Waals surface area contributed by atoms with Crippen molar-refractivity contribution in [3.05, 3.63) is 62.5 Å². The van der Waals surface area contributed by atoms with Crippen LogP contribution in [0.1, 0.15) is 18.1 Å². The number of hydrogen-bond acceptors (Lipinski definition) is 6. The summed E-state index contributed by atoms with van der Waals surface area (Å²) in [5.74, 6) is -0.518. The average Bonchev–Trinajstić information content (AvgIpc) is 2.97. The van der Waals surface area contributed by atoms with E-state index in [0.29, 0.717) is 38.6 Å². The topological polar surface area (TPSA) is 76.1 Å². The molecule has 0 bridgehead atoms. The SMILES string of the molecule is CCOc1cc(/C=C2\SC(=S)N(CC(=O)O)C2=O)ccc1OCc1ccc(Cl)c(Cl)c1. The second-order valence-electron chi connectivity index (χ2n) is 6.34. The molecule has 3 rings (SSSR count). The van der Waals surface area contributed by atoms with Gasteiger partial charge in [0.05, 0.1) is 21.6 Å². The lowest BCUT2D eigenvalue weighted by Crippen LogP contribution is -2.33. The fourth-order valence-electron chi connectivity index (χ4n) is 2.72. The first-order valence-electron chi connectivity index (χ1n) is 9.09. The van der Waals surface area contributed by atoms with E-state index in [1.165, 1.54) is 0 Å². The number of aliphatic carboxylic acids is 1. The third kappa shape index (κ3) is 5.92. The third-order valence-electron chi connectivity index (χ3n) is 4.11. The molecule has 2 aromatic rings. The number of carbonyl (C=O) groups excluding carboxylic acids is 1. The van der Waals surface area contributed by atoms with Crippen molar-refractivity contribution in [3.8, 4) is 11.5 Å². The third-order valence-corrected chi connectivity index (χ3v) is 6.23. The molecule has 0 spiro atoms. The second kappa shape index (κ2) is 10.4. The van der Waals surface area contributed by atoms with Gasteiger partial charge in [0.1, 0.15) is 17.5 Å². The highest BCUT2D eigenvalue weighted by Gasteiger charge is 2.33. The second-order valence-corrected chi connectivity index (χ2v) is 8.83. The summed E-state index contributed by atoms with van der Waals surface area (Å²) in [6.07, 6.45) is 1.65. The van der Waals surface area contributed by atoms with Crippen LogP contribution < -0.4 is 9.47 Å². The molecule has 0 unspecified atom stereocenters. The van der Waals surface area contributed by atoms with Crippen LogP contribution in [0, 0.1) is 0 Å². The van der Waals surface area contributed by atoms with Crippen LogP contribution in [0.4, 0.5) is 0 Å². The molecule has 0 saturated carbocycles. The number of thiocarbonyl (C=S) groups is 1. The van der Waals surface area contributed by atoms with Gasteiger partial charge >= 0.3 is 5.97 Å². The van der Waals surface area contributed by atoms with Crippen LogP contribution in [-0.4, -0.2) is 39.4 Å². The minimum absolute atomic E-state index is 0.213. The summed E-state index contributed by atoms with van der Waals surface area (Å²) < 4.78 is 11.8. The fourth-order valence-corrected chi connectivity index (χ4v) is 4.29. The van der Waals surface area contributed by atoms with Crippen molar-refractivity contribution in [1.82, 2.24) is 4.90 Å². The van der Waals surface area contributed by atoms with Crippen molar-refractivity contribution in [3.63, 3.8) is 0 Å². The predicted molar refractivity (Wildman–Crippen MR) is 126 cm³/mol. The van der Waals surface area contributed by atoms with Gasteiger partial charge in [0.2, 0.25) is 0 Å². The van der Waals surface area contributed by atoms with Crippen molar-refractivity contribution < 1.29 is 24.2 Å². The molecule has 6 nitrogen and oxygen atoms in total. The van der Waals surface area contributed by atoms with Crippen LogP contribution >= 0.6 is 47.2 Å². The zero-order chi connectivity index (χ0) is 22.5. The van der Waals surface area contributed by atoms with E-state index in [1.807, 2.05) is 13.0 Å². The number of amides is 1. The zero-order valence-electron chi connectivity index (χ0n) is 16.3. The Hall–Kier alpha value is -2.26. The van der Waals surface area contributed by atoms with Gasteiger partial charge in [-0.25, -0.2) is 0 Å². The molecule has 0 atom stereocenters. The number of carbonyl (C=O) groups is 2. The first kappa shape index (κ1) is 23.4. The molecular weight excluding hydrogens is 481 g/mol. The molecule has 2 aromatic carbocycles. The lowest BCUT2D eigenvalue weighted by molar-refractivity contribution is -0.140. The molecule has 1 saturated heterocycles. The van der Waals surface area contributed by atoms with Gasteiger partial charge in [0, 0.05) is 0 Å². The van der Waals surface area contributed by atoms with E-state index in [0.717, 1.165) is 22.2 Å². The van der Waals surface area contributed by atoms with E-state index in [1.54, 1.807) is 36.4 Å². The first-order valence-corrected chi connectivity index (χ1v) is 11.1. The molecule has 1 heterocycles. The maximum absolute atomic E-state index is 12.5. The van der Waals surface area contributed by atoms with Crippen molar-refractivity contribution in [1.29, 1.82) is 0 Å². The van der Waals surface area contributed by atoms with Crippen LogP contribution in [0.15, 0.2) is 41.3 Å². The summed E-state index contributed by atoms with van der Waals surface area (Å²) >= 11 is 18.2.